The third kappa shape index (κ3) is 13.0. The molecular weight excluding hydrogens is 417 g/mol. The predicted octanol–water partition coefficient (Wildman–Crippen LogP) is 6.41. The monoisotopic (exact) mass is 442 g/mol. The standard InChI is InChI=1S/C16H27O2PS2.S.Zn/c1-3-5-10-14-17-19(20,18-15-11-6-4-2)21-16-12-8-7-9-13-16;;/h7-9,12-13H,3-6,10-11,14-15H2,1-2H3;;/q;-2;+2. The maximum Gasteiger partial charge on any atom is 2.00 e. The van der Waals surface area contributed by atoms with Gasteiger partial charge in [0.15, 0.2) is 0 Å². The average molecular weight is 444 g/mol. The van der Waals surface area contributed by atoms with Crippen LogP contribution in [0.4, 0.5) is 0 Å². The molecule has 0 N–H and O–H groups in total. The predicted molar refractivity (Wildman–Crippen MR) is 105 cm³/mol. The van der Waals surface area contributed by atoms with Gasteiger partial charge in [0.05, 0.1) is 13.2 Å². The van der Waals surface area contributed by atoms with Crippen molar-refractivity contribution in [2.45, 2.75) is 57.3 Å². The molecule has 7 heteroatoms. The molecule has 1 aromatic rings. The minimum atomic E-state index is -2.27. The van der Waals surface area contributed by atoms with Crippen molar-refractivity contribution in [1.82, 2.24) is 0 Å². The third-order valence-corrected chi connectivity index (χ3v) is 7.90. The van der Waals surface area contributed by atoms with Crippen molar-refractivity contribution < 1.29 is 28.5 Å². The second kappa shape index (κ2) is 16.6. The van der Waals surface area contributed by atoms with Crippen LogP contribution in [-0.2, 0) is 53.8 Å². The van der Waals surface area contributed by atoms with Gasteiger partial charge in [0.1, 0.15) is 0 Å². The van der Waals surface area contributed by atoms with Crippen molar-refractivity contribution in [1.29, 1.82) is 0 Å². The van der Waals surface area contributed by atoms with Crippen LogP contribution in [0.15, 0.2) is 35.2 Å². The van der Waals surface area contributed by atoms with Crippen molar-refractivity contribution in [3.63, 3.8) is 0 Å². The summed E-state index contributed by atoms with van der Waals surface area (Å²) in [6.07, 6.45) is 6.86. The summed E-state index contributed by atoms with van der Waals surface area (Å²) in [5, 5.41) is 0. The normalized spacial score (nSPS) is 10.7. The van der Waals surface area contributed by atoms with Crippen LogP contribution in [0.3, 0.4) is 0 Å². The summed E-state index contributed by atoms with van der Waals surface area (Å²) in [6.45, 7) is 5.80. The first-order valence-electron chi connectivity index (χ1n) is 7.84. The van der Waals surface area contributed by atoms with Gasteiger partial charge in [0.25, 0.3) is 5.69 Å². The molecule has 0 atom stereocenters. The maximum atomic E-state index is 5.98. The fourth-order valence-electron chi connectivity index (χ4n) is 1.76. The molecule has 0 amide bonds. The second-order valence-electron chi connectivity index (χ2n) is 4.93. The molecule has 23 heavy (non-hydrogen) atoms. The van der Waals surface area contributed by atoms with Gasteiger partial charge in [-0.3, -0.25) is 0 Å². The van der Waals surface area contributed by atoms with Gasteiger partial charge in [-0.1, -0.05) is 57.7 Å². The van der Waals surface area contributed by atoms with E-state index >= 15 is 0 Å². The number of rotatable bonds is 12. The molecule has 0 aliphatic heterocycles. The summed E-state index contributed by atoms with van der Waals surface area (Å²) in [5.74, 6) is 0. The summed E-state index contributed by atoms with van der Waals surface area (Å²) >= 11 is 7.30. The Bertz CT molecular complexity index is 405. The van der Waals surface area contributed by atoms with E-state index in [0.717, 1.165) is 17.7 Å². The van der Waals surface area contributed by atoms with Gasteiger partial charge in [0.2, 0.25) is 0 Å². The molecule has 2 nitrogen and oxygen atoms in total. The summed E-state index contributed by atoms with van der Waals surface area (Å²) in [7, 11) is 0. The van der Waals surface area contributed by atoms with Crippen molar-refractivity contribution >= 4 is 42.4 Å². The van der Waals surface area contributed by atoms with Gasteiger partial charge in [-0.25, -0.2) is 0 Å². The molecule has 1 rings (SSSR count). The van der Waals surface area contributed by atoms with E-state index in [9.17, 15) is 0 Å². The number of unbranched alkanes of at least 4 members (excludes halogenated alkanes) is 4. The molecule has 1 aromatic carbocycles. The van der Waals surface area contributed by atoms with Gasteiger partial charge in [0, 0.05) is 4.90 Å². The molecule has 0 saturated heterocycles. The van der Waals surface area contributed by atoms with Gasteiger partial charge in [-0.05, 0) is 48.2 Å². The average Bonchev–Trinajstić information content (AvgIpc) is 2.49. The Hall–Kier alpha value is 1.11. The Morgan fingerprint density at radius 1 is 0.913 bits per heavy atom. The minimum absolute atomic E-state index is 0. The SMILES string of the molecule is CCCCCOP(=S)(OCCCCC)Sc1ccccc1.[S-2].[Zn+2]. The van der Waals surface area contributed by atoms with Gasteiger partial charge < -0.3 is 22.5 Å². The van der Waals surface area contributed by atoms with E-state index < -0.39 is 5.69 Å². The smallest absolute Gasteiger partial charge is 2.00 e. The van der Waals surface area contributed by atoms with Crippen molar-refractivity contribution in [2.75, 3.05) is 13.2 Å². The third-order valence-electron chi connectivity index (χ3n) is 2.96. The minimum Gasteiger partial charge on any atom is -2.00 e. The first kappa shape index (κ1) is 26.3. The Labute approximate surface area is 171 Å². The molecule has 0 spiro atoms. The van der Waals surface area contributed by atoms with Crippen LogP contribution in [0.1, 0.15) is 52.4 Å². The van der Waals surface area contributed by atoms with Gasteiger partial charge in [-0.15, -0.1) is 0 Å². The Morgan fingerprint density at radius 3 is 1.83 bits per heavy atom. The van der Waals surface area contributed by atoms with Crippen LogP contribution in [0.5, 0.6) is 0 Å². The summed E-state index contributed by atoms with van der Waals surface area (Å²) in [6, 6.07) is 10.2. The van der Waals surface area contributed by atoms with Gasteiger partial charge in [-0.2, -0.15) is 0 Å². The molecule has 0 unspecified atom stereocenters. The Balaban J connectivity index is 0. The zero-order valence-corrected chi connectivity index (χ0v) is 20.6. The topological polar surface area (TPSA) is 18.5 Å². The summed E-state index contributed by atoms with van der Waals surface area (Å²) in [4.78, 5) is 1.13. The molecule has 0 aliphatic rings. The molecule has 0 fully saturated rings. The summed E-state index contributed by atoms with van der Waals surface area (Å²) < 4.78 is 12.0. The Morgan fingerprint density at radius 2 is 1.39 bits per heavy atom. The van der Waals surface area contributed by atoms with Crippen LogP contribution in [0.2, 0.25) is 0 Å². The molecule has 0 heterocycles. The van der Waals surface area contributed by atoms with Crippen LogP contribution >= 0.6 is 17.1 Å². The van der Waals surface area contributed by atoms with Gasteiger partial charge >= 0.3 is 19.5 Å². The van der Waals surface area contributed by atoms with E-state index in [1.165, 1.54) is 25.7 Å². The number of benzene rings is 1. The molecule has 128 valence electrons. The van der Waals surface area contributed by atoms with E-state index in [2.05, 4.69) is 26.0 Å². The first-order chi connectivity index (χ1) is 10.2. The molecule has 0 saturated carbocycles. The van der Waals surface area contributed by atoms with E-state index in [0.29, 0.717) is 13.2 Å². The zero-order chi connectivity index (χ0) is 15.4. The molecule has 0 aliphatic carbocycles. The quantitative estimate of drug-likeness (QED) is 0.211. The number of hydrogen-bond acceptors (Lipinski definition) is 4. The van der Waals surface area contributed by atoms with Crippen LogP contribution < -0.4 is 0 Å². The fourth-order valence-corrected chi connectivity index (χ4v) is 6.30. The van der Waals surface area contributed by atoms with Crippen molar-refractivity contribution in [3.8, 4) is 0 Å². The number of hydrogen-bond donors (Lipinski definition) is 0. The van der Waals surface area contributed by atoms with E-state index in [1.807, 2.05) is 18.2 Å². The van der Waals surface area contributed by atoms with Crippen molar-refractivity contribution in [3.05, 3.63) is 30.3 Å². The zero-order valence-electron chi connectivity index (χ0n) is 14.2. The van der Waals surface area contributed by atoms with Crippen molar-refractivity contribution in [2.24, 2.45) is 0 Å². The van der Waals surface area contributed by atoms with E-state index in [-0.39, 0.29) is 33.0 Å². The fraction of sp³-hybridized carbons (Fsp3) is 0.625. The second-order valence-corrected chi connectivity index (χ2v) is 11.1. The van der Waals surface area contributed by atoms with E-state index in [4.69, 9.17) is 20.9 Å². The summed E-state index contributed by atoms with van der Waals surface area (Å²) in [5.41, 5.74) is -2.27. The molecule has 0 bridgehead atoms. The maximum absolute atomic E-state index is 5.98. The first-order valence-corrected chi connectivity index (χ1v) is 11.9. The molecular formula is C16H27O2PS3Zn. The van der Waals surface area contributed by atoms with Crippen LogP contribution in [0, 0.1) is 0 Å². The Kier molecular flexibility index (Phi) is 19.0. The molecule has 0 aromatic heterocycles. The molecule has 0 radical (unpaired) electrons. The van der Waals surface area contributed by atoms with Crippen LogP contribution in [-0.4, -0.2) is 13.2 Å². The largest absolute Gasteiger partial charge is 2.00 e. The van der Waals surface area contributed by atoms with Crippen LogP contribution in [0.25, 0.3) is 0 Å². The van der Waals surface area contributed by atoms with E-state index in [1.54, 1.807) is 11.4 Å².